The molecule has 0 bridgehead atoms. The summed E-state index contributed by atoms with van der Waals surface area (Å²) in [5, 5.41) is 3.33. The zero-order chi connectivity index (χ0) is 16.2. The maximum atomic E-state index is 12.7. The summed E-state index contributed by atoms with van der Waals surface area (Å²) in [6, 6.07) is 16.4. The number of nitrogens with zero attached hydrogens (tertiary/aromatic N) is 1. The summed E-state index contributed by atoms with van der Waals surface area (Å²) in [6.07, 6.45) is 2.09. The van der Waals surface area contributed by atoms with E-state index in [1.165, 1.54) is 11.1 Å². The van der Waals surface area contributed by atoms with E-state index < -0.39 is 0 Å². The van der Waals surface area contributed by atoms with Crippen LogP contribution in [0.2, 0.25) is 0 Å². The Morgan fingerprint density at radius 2 is 1.87 bits per heavy atom. The Labute approximate surface area is 138 Å². The van der Waals surface area contributed by atoms with Crippen molar-refractivity contribution in [2.75, 3.05) is 23.3 Å². The van der Waals surface area contributed by atoms with E-state index in [0.29, 0.717) is 12.5 Å². The SMILES string of the molecule is CC(C)c1ccccc1NCC(=O)N1CCCc2ccccc21. The number of amides is 1. The van der Waals surface area contributed by atoms with E-state index in [2.05, 4.69) is 37.4 Å². The molecular formula is C20H24N2O. The molecule has 120 valence electrons. The maximum absolute atomic E-state index is 12.7. The van der Waals surface area contributed by atoms with Gasteiger partial charge in [0.1, 0.15) is 0 Å². The Kier molecular flexibility index (Phi) is 4.65. The van der Waals surface area contributed by atoms with Gasteiger partial charge in [-0.15, -0.1) is 0 Å². The second-order valence-corrected chi connectivity index (χ2v) is 6.37. The summed E-state index contributed by atoms with van der Waals surface area (Å²) in [4.78, 5) is 14.6. The van der Waals surface area contributed by atoms with Crippen molar-refractivity contribution in [3.05, 3.63) is 59.7 Å². The Hall–Kier alpha value is -2.29. The molecule has 0 aliphatic carbocycles. The smallest absolute Gasteiger partial charge is 0.246 e. The molecular weight excluding hydrogens is 284 g/mol. The maximum Gasteiger partial charge on any atom is 0.246 e. The number of anilines is 2. The van der Waals surface area contributed by atoms with Gasteiger partial charge in [0.2, 0.25) is 5.91 Å². The number of para-hydroxylation sites is 2. The van der Waals surface area contributed by atoms with Crippen molar-refractivity contribution < 1.29 is 4.79 Å². The number of carbonyl (C=O) groups is 1. The molecule has 0 aromatic heterocycles. The molecule has 1 amide bonds. The predicted octanol–water partition coefficient (Wildman–Crippen LogP) is 4.20. The first kappa shape index (κ1) is 15.6. The average molecular weight is 308 g/mol. The Balaban J connectivity index is 1.72. The number of rotatable bonds is 4. The zero-order valence-electron chi connectivity index (χ0n) is 13.9. The van der Waals surface area contributed by atoms with Crippen molar-refractivity contribution in [3.8, 4) is 0 Å². The van der Waals surface area contributed by atoms with E-state index in [4.69, 9.17) is 0 Å². The fourth-order valence-electron chi connectivity index (χ4n) is 3.22. The number of hydrogen-bond donors (Lipinski definition) is 1. The third-order valence-electron chi connectivity index (χ3n) is 4.42. The molecule has 0 saturated carbocycles. The molecule has 3 nitrogen and oxygen atoms in total. The third-order valence-corrected chi connectivity index (χ3v) is 4.42. The molecule has 1 aliphatic heterocycles. The van der Waals surface area contributed by atoms with Crippen molar-refractivity contribution in [2.45, 2.75) is 32.6 Å². The average Bonchev–Trinajstić information content (AvgIpc) is 2.59. The summed E-state index contributed by atoms with van der Waals surface area (Å²) in [7, 11) is 0. The molecule has 1 aliphatic rings. The molecule has 0 saturated heterocycles. The van der Waals surface area contributed by atoms with Gasteiger partial charge in [-0.25, -0.2) is 0 Å². The fourth-order valence-corrected chi connectivity index (χ4v) is 3.22. The van der Waals surface area contributed by atoms with E-state index >= 15 is 0 Å². The lowest BCUT2D eigenvalue weighted by Crippen LogP contribution is -2.39. The molecule has 0 atom stereocenters. The van der Waals surface area contributed by atoms with Gasteiger partial charge < -0.3 is 10.2 Å². The van der Waals surface area contributed by atoms with Crippen LogP contribution in [0.5, 0.6) is 0 Å². The van der Waals surface area contributed by atoms with Crippen LogP contribution in [0.25, 0.3) is 0 Å². The number of benzene rings is 2. The van der Waals surface area contributed by atoms with Gasteiger partial charge >= 0.3 is 0 Å². The highest BCUT2D eigenvalue weighted by Gasteiger charge is 2.21. The van der Waals surface area contributed by atoms with Crippen molar-refractivity contribution in [2.24, 2.45) is 0 Å². The van der Waals surface area contributed by atoms with E-state index in [1.807, 2.05) is 35.2 Å². The van der Waals surface area contributed by atoms with Crippen LogP contribution in [0.3, 0.4) is 0 Å². The van der Waals surface area contributed by atoms with Gasteiger partial charge in [-0.1, -0.05) is 50.2 Å². The minimum absolute atomic E-state index is 0.135. The van der Waals surface area contributed by atoms with Gasteiger partial charge in [0.15, 0.2) is 0 Å². The van der Waals surface area contributed by atoms with Crippen LogP contribution < -0.4 is 10.2 Å². The van der Waals surface area contributed by atoms with E-state index in [1.54, 1.807) is 0 Å². The Morgan fingerprint density at radius 1 is 1.13 bits per heavy atom. The van der Waals surface area contributed by atoms with Crippen LogP contribution in [-0.2, 0) is 11.2 Å². The van der Waals surface area contributed by atoms with Gasteiger partial charge in [0.05, 0.1) is 6.54 Å². The molecule has 1 heterocycles. The third kappa shape index (κ3) is 3.39. The topological polar surface area (TPSA) is 32.3 Å². The fraction of sp³-hybridized carbons (Fsp3) is 0.350. The molecule has 0 spiro atoms. The lowest BCUT2D eigenvalue weighted by atomic mass is 10.0. The molecule has 0 unspecified atom stereocenters. The molecule has 0 fully saturated rings. The van der Waals surface area contributed by atoms with Crippen LogP contribution in [0.1, 0.15) is 37.3 Å². The van der Waals surface area contributed by atoms with Gasteiger partial charge in [0.25, 0.3) is 0 Å². The number of carbonyl (C=O) groups excluding carboxylic acids is 1. The van der Waals surface area contributed by atoms with Crippen LogP contribution in [0.15, 0.2) is 48.5 Å². The van der Waals surface area contributed by atoms with E-state index in [-0.39, 0.29) is 5.91 Å². The van der Waals surface area contributed by atoms with Crippen molar-refractivity contribution >= 4 is 17.3 Å². The standard InChI is InChI=1S/C20H24N2O/c1-15(2)17-10-4-5-11-18(17)21-14-20(23)22-13-7-9-16-8-3-6-12-19(16)22/h3-6,8,10-12,15,21H,7,9,13-14H2,1-2H3. The number of aryl methyl sites for hydroxylation is 1. The van der Waals surface area contributed by atoms with E-state index in [0.717, 1.165) is 30.8 Å². The lowest BCUT2D eigenvalue weighted by molar-refractivity contribution is -0.117. The van der Waals surface area contributed by atoms with Crippen LogP contribution in [-0.4, -0.2) is 19.0 Å². The normalized spacial score (nSPS) is 13.8. The second kappa shape index (κ2) is 6.86. The number of nitrogens with one attached hydrogen (secondary N) is 1. The van der Waals surface area contributed by atoms with Crippen LogP contribution >= 0.6 is 0 Å². The van der Waals surface area contributed by atoms with Gasteiger partial charge in [-0.3, -0.25) is 4.79 Å². The van der Waals surface area contributed by atoms with Crippen molar-refractivity contribution in [1.29, 1.82) is 0 Å². The van der Waals surface area contributed by atoms with Crippen LogP contribution in [0.4, 0.5) is 11.4 Å². The Bertz CT molecular complexity index is 694. The second-order valence-electron chi connectivity index (χ2n) is 6.37. The zero-order valence-corrected chi connectivity index (χ0v) is 13.9. The minimum atomic E-state index is 0.135. The molecule has 23 heavy (non-hydrogen) atoms. The minimum Gasteiger partial charge on any atom is -0.376 e. The largest absolute Gasteiger partial charge is 0.376 e. The van der Waals surface area contributed by atoms with E-state index in [9.17, 15) is 4.79 Å². The van der Waals surface area contributed by atoms with Crippen LogP contribution in [0, 0.1) is 0 Å². The first-order chi connectivity index (χ1) is 11.2. The predicted molar refractivity (Wildman–Crippen MR) is 96.1 cm³/mol. The quantitative estimate of drug-likeness (QED) is 0.918. The number of hydrogen-bond acceptors (Lipinski definition) is 2. The molecule has 0 radical (unpaired) electrons. The number of fused-ring (bicyclic) bond motifs is 1. The lowest BCUT2D eigenvalue weighted by Gasteiger charge is -2.29. The molecule has 3 rings (SSSR count). The molecule has 2 aromatic carbocycles. The molecule has 3 heteroatoms. The monoisotopic (exact) mass is 308 g/mol. The summed E-state index contributed by atoms with van der Waals surface area (Å²) < 4.78 is 0. The first-order valence-electron chi connectivity index (χ1n) is 8.38. The highest BCUT2D eigenvalue weighted by atomic mass is 16.2. The molecule has 2 aromatic rings. The van der Waals surface area contributed by atoms with Gasteiger partial charge in [-0.2, -0.15) is 0 Å². The Morgan fingerprint density at radius 3 is 2.70 bits per heavy atom. The van der Waals surface area contributed by atoms with Gasteiger partial charge in [-0.05, 0) is 42.0 Å². The van der Waals surface area contributed by atoms with Gasteiger partial charge in [0, 0.05) is 17.9 Å². The van der Waals surface area contributed by atoms with Crippen molar-refractivity contribution in [3.63, 3.8) is 0 Å². The summed E-state index contributed by atoms with van der Waals surface area (Å²) in [5.41, 5.74) is 4.65. The highest BCUT2D eigenvalue weighted by molar-refractivity contribution is 5.97. The summed E-state index contributed by atoms with van der Waals surface area (Å²) in [6.45, 7) is 5.48. The highest BCUT2D eigenvalue weighted by Crippen LogP contribution is 2.27. The summed E-state index contributed by atoms with van der Waals surface area (Å²) in [5.74, 6) is 0.570. The van der Waals surface area contributed by atoms with Crippen molar-refractivity contribution in [1.82, 2.24) is 0 Å². The molecule has 1 N–H and O–H groups in total. The first-order valence-corrected chi connectivity index (χ1v) is 8.38. The summed E-state index contributed by atoms with van der Waals surface area (Å²) >= 11 is 0.